The van der Waals surface area contributed by atoms with Crippen molar-refractivity contribution in [2.75, 3.05) is 19.8 Å². The summed E-state index contributed by atoms with van der Waals surface area (Å²) in [5, 5.41) is 2.77. The Balaban J connectivity index is 1.77. The van der Waals surface area contributed by atoms with Crippen LogP contribution < -0.4 is 11.1 Å². The SMILES string of the molecule is CC(C)C(=O)NCCOCCn1c(=O)oc2ccccc21. The van der Waals surface area contributed by atoms with Crippen molar-refractivity contribution in [2.45, 2.75) is 20.4 Å². The normalized spacial score (nSPS) is 11.2. The fourth-order valence-corrected chi connectivity index (χ4v) is 1.93. The van der Waals surface area contributed by atoms with Crippen LogP contribution in [-0.4, -0.2) is 30.2 Å². The Morgan fingerprint density at radius 1 is 1.33 bits per heavy atom. The maximum Gasteiger partial charge on any atom is 0.420 e. The Morgan fingerprint density at radius 2 is 2.10 bits per heavy atom. The highest BCUT2D eigenvalue weighted by molar-refractivity contribution is 5.77. The molecule has 0 saturated heterocycles. The van der Waals surface area contributed by atoms with Crippen LogP contribution in [0.15, 0.2) is 33.5 Å². The highest BCUT2D eigenvalue weighted by Gasteiger charge is 2.08. The zero-order chi connectivity index (χ0) is 15.2. The molecule has 0 fully saturated rings. The van der Waals surface area contributed by atoms with Gasteiger partial charge >= 0.3 is 5.76 Å². The first-order chi connectivity index (χ1) is 10.1. The third kappa shape index (κ3) is 3.95. The third-order valence-corrected chi connectivity index (χ3v) is 3.10. The zero-order valence-electron chi connectivity index (χ0n) is 12.3. The molecule has 21 heavy (non-hydrogen) atoms. The summed E-state index contributed by atoms with van der Waals surface area (Å²) in [7, 11) is 0. The lowest BCUT2D eigenvalue weighted by Crippen LogP contribution is -2.31. The molecule has 114 valence electrons. The Labute approximate surface area is 122 Å². The molecule has 0 unspecified atom stereocenters. The fourth-order valence-electron chi connectivity index (χ4n) is 1.93. The van der Waals surface area contributed by atoms with E-state index < -0.39 is 0 Å². The molecule has 1 aromatic heterocycles. The molecular weight excluding hydrogens is 272 g/mol. The molecule has 0 bridgehead atoms. The van der Waals surface area contributed by atoms with Crippen LogP contribution in [0.5, 0.6) is 0 Å². The quantitative estimate of drug-likeness (QED) is 0.783. The fraction of sp³-hybridized carbons (Fsp3) is 0.467. The molecule has 0 saturated carbocycles. The second kappa shape index (κ2) is 7.08. The van der Waals surface area contributed by atoms with Gasteiger partial charge < -0.3 is 14.5 Å². The summed E-state index contributed by atoms with van der Waals surface area (Å²) in [6.45, 7) is 5.38. The van der Waals surface area contributed by atoms with Crippen LogP contribution in [-0.2, 0) is 16.1 Å². The molecule has 6 heteroatoms. The average Bonchev–Trinajstić information content (AvgIpc) is 2.78. The van der Waals surface area contributed by atoms with Crippen molar-refractivity contribution >= 4 is 17.0 Å². The number of rotatable bonds is 7. The molecule has 1 amide bonds. The second-order valence-corrected chi connectivity index (χ2v) is 5.05. The lowest BCUT2D eigenvalue weighted by Gasteiger charge is -2.08. The molecule has 0 atom stereocenters. The van der Waals surface area contributed by atoms with Gasteiger partial charge in [-0.1, -0.05) is 26.0 Å². The van der Waals surface area contributed by atoms with Crippen LogP contribution in [0.3, 0.4) is 0 Å². The van der Waals surface area contributed by atoms with Gasteiger partial charge in [-0.25, -0.2) is 4.79 Å². The monoisotopic (exact) mass is 292 g/mol. The molecule has 0 radical (unpaired) electrons. The maximum absolute atomic E-state index is 11.7. The number of ether oxygens (including phenoxy) is 1. The van der Waals surface area contributed by atoms with E-state index in [4.69, 9.17) is 9.15 Å². The number of nitrogens with one attached hydrogen (secondary N) is 1. The van der Waals surface area contributed by atoms with Crippen molar-refractivity contribution in [1.29, 1.82) is 0 Å². The Bertz CT molecular complexity index is 657. The Hall–Kier alpha value is -2.08. The molecule has 1 heterocycles. The minimum Gasteiger partial charge on any atom is -0.408 e. The zero-order valence-corrected chi connectivity index (χ0v) is 12.3. The van der Waals surface area contributed by atoms with Crippen molar-refractivity contribution in [1.82, 2.24) is 9.88 Å². The molecule has 6 nitrogen and oxygen atoms in total. The lowest BCUT2D eigenvalue weighted by molar-refractivity contribution is -0.124. The number of aromatic nitrogens is 1. The maximum atomic E-state index is 11.7. The molecule has 0 aliphatic carbocycles. The van der Waals surface area contributed by atoms with Crippen LogP contribution in [0.2, 0.25) is 0 Å². The number of oxazole rings is 1. The molecular formula is C15H20N2O4. The number of carbonyl (C=O) groups is 1. The van der Waals surface area contributed by atoms with Gasteiger partial charge in [-0.05, 0) is 12.1 Å². The number of carbonyl (C=O) groups excluding carboxylic acids is 1. The van der Waals surface area contributed by atoms with Gasteiger partial charge in [0.05, 0.1) is 25.3 Å². The second-order valence-electron chi connectivity index (χ2n) is 5.05. The van der Waals surface area contributed by atoms with Gasteiger partial charge in [-0.15, -0.1) is 0 Å². The number of benzene rings is 1. The number of hydrogen-bond acceptors (Lipinski definition) is 4. The van der Waals surface area contributed by atoms with Crippen molar-refractivity contribution in [3.05, 3.63) is 34.8 Å². The highest BCUT2D eigenvalue weighted by atomic mass is 16.5. The Kier molecular flexibility index (Phi) is 5.16. The number of hydrogen-bond donors (Lipinski definition) is 1. The summed E-state index contributed by atoms with van der Waals surface area (Å²) in [6, 6.07) is 7.28. The first kappa shape index (κ1) is 15.3. The molecule has 1 N–H and O–H groups in total. The van der Waals surface area contributed by atoms with E-state index in [2.05, 4.69) is 5.32 Å². The molecule has 2 rings (SSSR count). The molecule has 0 spiro atoms. The van der Waals surface area contributed by atoms with E-state index in [1.54, 1.807) is 10.6 Å². The van der Waals surface area contributed by atoms with E-state index in [0.717, 1.165) is 5.52 Å². The number of nitrogens with zero attached hydrogens (tertiary/aromatic N) is 1. The van der Waals surface area contributed by atoms with E-state index in [1.165, 1.54) is 0 Å². The van der Waals surface area contributed by atoms with E-state index >= 15 is 0 Å². The number of amides is 1. The van der Waals surface area contributed by atoms with Gasteiger partial charge in [0, 0.05) is 12.5 Å². The summed E-state index contributed by atoms with van der Waals surface area (Å²) in [6.07, 6.45) is 0. The summed E-state index contributed by atoms with van der Waals surface area (Å²) < 4.78 is 12.1. The minimum atomic E-state index is -0.382. The van der Waals surface area contributed by atoms with E-state index in [-0.39, 0.29) is 17.6 Å². The summed E-state index contributed by atoms with van der Waals surface area (Å²) in [4.78, 5) is 23.0. The summed E-state index contributed by atoms with van der Waals surface area (Å²) in [5.74, 6) is -0.399. The average molecular weight is 292 g/mol. The van der Waals surface area contributed by atoms with Gasteiger partial charge in [0.1, 0.15) is 0 Å². The first-order valence-electron chi connectivity index (χ1n) is 7.03. The van der Waals surface area contributed by atoms with E-state index in [1.807, 2.05) is 32.0 Å². The predicted molar refractivity (Wildman–Crippen MR) is 79.1 cm³/mol. The van der Waals surface area contributed by atoms with E-state index in [0.29, 0.717) is 31.9 Å². The topological polar surface area (TPSA) is 73.5 Å². The van der Waals surface area contributed by atoms with Crippen LogP contribution in [0.4, 0.5) is 0 Å². The highest BCUT2D eigenvalue weighted by Crippen LogP contribution is 2.11. The molecule has 1 aromatic carbocycles. The number of para-hydroxylation sites is 2. The van der Waals surface area contributed by atoms with Crippen LogP contribution in [0.25, 0.3) is 11.1 Å². The Morgan fingerprint density at radius 3 is 2.86 bits per heavy atom. The van der Waals surface area contributed by atoms with Crippen LogP contribution >= 0.6 is 0 Å². The smallest absolute Gasteiger partial charge is 0.408 e. The molecule has 0 aliphatic heterocycles. The standard InChI is InChI=1S/C15H20N2O4/c1-11(2)14(18)16-7-9-20-10-8-17-12-5-3-4-6-13(12)21-15(17)19/h3-6,11H,7-10H2,1-2H3,(H,16,18). The third-order valence-electron chi connectivity index (χ3n) is 3.10. The van der Waals surface area contributed by atoms with Crippen molar-refractivity contribution in [3.63, 3.8) is 0 Å². The number of fused-ring (bicyclic) bond motifs is 1. The summed E-state index contributed by atoms with van der Waals surface area (Å²) in [5.41, 5.74) is 1.34. The first-order valence-corrected chi connectivity index (χ1v) is 7.03. The molecule has 2 aromatic rings. The minimum absolute atomic E-state index is 0.00986. The van der Waals surface area contributed by atoms with Crippen molar-refractivity contribution < 1.29 is 13.9 Å². The van der Waals surface area contributed by atoms with Gasteiger partial charge in [0.15, 0.2) is 5.58 Å². The predicted octanol–water partition coefficient (Wildman–Crippen LogP) is 1.38. The van der Waals surface area contributed by atoms with Crippen LogP contribution in [0, 0.1) is 5.92 Å². The van der Waals surface area contributed by atoms with Gasteiger partial charge in [-0.3, -0.25) is 9.36 Å². The van der Waals surface area contributed by atoms with Gasteiger partial charge in [0.25, 0.3) is 0 Å². The summed E-state index contributed by atoms with van der Waals surface area (Å²) >= 11 is 0. The van der Waals surface area contributed by atoms with Gasteiger partial charge in [0.2, 0.25) is 5.91 Å². The van der Waals surface area contributed by atoms with Gasteiger partial charge in [-0.2, -0.15) is 0 Å². The van der Waals surface area contributed by atoms with Crippen LogP contribution in [0.1, 0.15) is 13.8 Å². The lowest BCUT2D eigenvalue weighted by atomic mass is 10.2. The van der Waals surface area contributed by atoms with E-state index in [9.17, 15) is 9.59 Å². The van der Waals surface area contributed by atoms with Crippen molar-refractivity contribution in [3.8, 4) is 0 Å². The largest absolute Gasteiger partial charge is 0.420 e. The van der Waals surface area contributed by atoms with Crippen molar-refractivity contribution in [2.24, 2.45) is 5.92 Å². The molecule has 0 aliphatic rings.